The van der Waals surface area contributed by atoms with Gasteiger partial charge in [-0.25, -0.2) is 19.4 Å². The fraction of sp³-hybridized carbons (Fsp3) is 0.325. The molecule has 0 aliphatic carbocycles. The van der Waals surface area contributed by atoms with Crippen molar-refractivity contribution >= 4 is 35.3 Å². The summed E-state index contributed by atoms with van der Waals surface area (Å²) in [6.07, 6.45) is 1.74. The third-order valence-electron chi connectivity index (χ3n) is 8.10. The molecule has 0 N–H and O–H groups in total. The van der Waals surface area contributed by atoms with Gasteiger partial charge in [-0.1, -0.05) is 35.6 Å². The highest BCUT2D eigenvalue weighted by atomic mass is 32.1. The van der Waals surface area contributed by atoms with Gasteiger partial charge in [-0.2, -0.15) is 0 Å². The van der Waals surface area contributed by atoms with E-state index in [-0.39, 0.29) is 43.5 Å². The summed E-state index contributed by atoms with van der Waals surface area (Å²) < 4.78 is 40.5. The minimum Gasteiger partial charge on any atom is -0.490 e. The number of aromatic nitrogens is 1. The number of hydrogen-bond donors (Lipinski definition) is 0. The first-order chi connectivity index (χ1) is 26.1. The number of allylic oxidation sites excluding steroid dienone is 1. The van der Waals surface area contributed by atoms with Crippen molar-refractivity contribution in [2.24, 2.45) is 4.99 Å². The molecule has 0 spiro atoms. The van der Waals surface area contributed by atoms with Gasteiger partial charge in [0.25, 0.3) is 5.56 Å². The Balaban J connectivity index is 1.51. The maximum Gasteiger partial charge on any atom is 0.343 e. The predicted octanol–water partition coefficient (Wildman–Crippen LogP) is 4.90. The molecule has 3 aromatic carbocycles. The molecule has 1 aromatic heterocycles. The van der Waals surface area contributed by atoms with Gasteiger partial charge < -0.3 is 33.2 Å². The van der Waals surface area contributed by atoms with E-state index in [1.54, 1.807) is 88.4 Å². The maximum atomic E-state index is 14.3. The summed E-state index contributed by atoms with van der Waals surface area (Å²) in [6.45, 7) is 9.82. The molecule has 1 atom stereocenters. The van der Waals surface area contributed by atoms with Crippen LogP contribution in [0.15, 0.2) is 81.7 Å². The number of fused-ring (bicyclic) bond motifs is 1. The second-order valence-corrected chi connectivity index (χ2v) is 12.7. The summed E-state index contributed by atoms with van der Waals surface area (Å²) in [4.78, 5) is 56.5. The average molecular weight is 759 g/mol. The highest BCUT2D eigenvalue weighted by Crippen LogP contribution is 2.36. The topological polar surface area (TPSA) is 150 Å². The summed E-state index contributed by atoms with van der Waals surface area (Å²) >= 11 is 1.18. The van der Waals surface area contributed by atoms with Crippen molar-refractivity contribution in [2.45, 2.75) is 47.3 Å². The number of rotatable bonds is 16. The normalized spacial score (nSPS) is 13.7. The smallest absolute Gasteiger partial charge is 0.343 e. The van der Waals surface area contributed by atoms with Crippen LogP contribution in [0.5, 0.6) is 23.0 Å². The fourth-order valence-corrected chi connectivity index (χ4v) is 6.70. The molecule has 2 heterocycles. The average Bonchev–Trinajstić information content (AvgIpc) is 3.47. The number of esters is 3. The van der Waals surface area contributed by atoms with Crippen LogP contribution < -0.4 is 33.8 Å². The SMILES string of the molecule is CCOC(=O)C1=C(C)N=c2s/c(=C/c3ccc(OCc4ccc(C(=O)OCC)cc4)c(OCC)c3)c(=O)n2[C@H]1c1ccc(OCC(=O)OC)c(OCC)c1. The van der Waals surface area contributed by atoms with E-state index >= 15 is 0 Å². The van der Waals surface area contributed by atoms with Gasteiger partial charge in [-0.15, -0.1) is 0 Å². The molecule has 1 aliphatic rings. The van der Waals surface area contributed by atoms with Crippen LogP contribution in [0.4, 0.5) is 0 Å². The van der Waals surface area contributed by atoms with Gasteiger partial charge in [0.05, 0.1) is 60.9 Å². The van der Waals surface area contributed by atoms with E-state index in [0.29, 0.717) is 67.9 Å². The molecule has 5 rings (SSSR count). The number of ether oxygens (including phenoxy) is 7. The van der Waals surface area contributed by atoms with Crippen LogP contribution in [0.25, 0.3) is 6.08 Å². The zero-order valence-corrected chi connectivity index (χ0v) is 31.8. The van der Waals surface area contributed by atoms with Crippen LogP contribution in [0, 0.1) is 0 Å². The Labute approximate surface area is 316 Å². The van der Waals surface area contributed by atoms with E-state index in [1.165, 1.54) is 23.0 Å². The van der Waals surface area contributed by atoms with Crippen molar-refractivity contribution in [3.8, 4) is 23.0 Å². The van der Waals surface area contributed by atoms with Gasteiger partial charge in [0.2, 0.25) is 0 Å². The molecule has 0 amide bonds. The minimum absolute atomic E-state index is 0.126. The number of benzene rings is 3. The molecule has 14 heteroatoms. The molecule has 0 saturated carbocycles. The van der Waals surface area contributed by atoms with Crippen LogP contribution >= 0.6 is 11.3 Å². The van der Waals surface area contributed by atoms with Gasteiger partial charge >= 0.3 is 17.9 Å². The van der Waals surface area contributed by atoms with E-state index in [1.807, 2.05) is 13.0 Å². The van der Waals surface area contributed by atoms with Crippen molar-refractivity contribution in [3.63, 3.8) is 0 Å². The lowest BCUT2D eigenvalue weighted by Crippen LogP contribution is -2.40. The number of thiazole rings is 1. The number of nitrogens with zero attached hydrogens (tertiary/aromatic N) is 2. The second kappa shape index (κ2) is 18.2. The molecule has 0 fully saturated rings. The Kier molecular flexibility index (Phi) is 13.3. The molecule has 284 valence electrons. The Bertz CT molecular complexity index is 2220. The number of carbonyl (C=O) groups excluding carboxylic acids is 3. The molecule has 4 aromatic rings. The number of hydrogen-bond acceptors (Lipinski definition) is 13. The molecule has 0 bridgehead atoms. The quantitative estimate of drug-likeness (QED) is 0.113. The van der Waals surface area contributed by atoms with E-state index in [4.69, 9.17) is 33.2 Å². The van der Waals surface area contributed by atoms with Gasteiger partial charge in [0.15, 0.2) is 34.4 Å². The molecule has 0 unspecified atom stereocenters. The highest BCUT2D eigenvalue weighted by molar-refractivity contribution is 7.07. The minimum atomic E-state index is -0.905. The Morgan fingerprint density at radius 2 is 1.43 bits per heavy atom. The monoisotopic (exact) mass is 758 g/mol. The van der Waals surface area contributed by atoms with Crippen LogP contribution in [0.1, 0.15) is 67.7 Å². The maximum absolute atomic E-state index is 14.3. The summed E-state index contributed by atoms with van der Waals surface area (Å²) in [5.74, 6) is 0.0486. The molecular weight excluding hydrogens is 717 g/mol. The van der Waals surface area contributed by atoms with Crippen LogP contribution in [0.2, 0.25) is 0 Å². The summed E-state index contributed by atoms with van der Waals surface area (Å²) in [5.41, 5.74) is 2.77. The largest absolute Gasteiger partial charge is 0.490 e. The molecular formula is C40H42N2O11S. The second-order valence-electron chi connectivity index (χ2n) is 11.7. The molecule has 1 aliphatic heterocycles. The van der Waals surface area contributed by atoms with Crippen LogP contribution in [0.3, 0.4) is 0 Å². The van der Waals surface area contributed by atoms with E-state index in [2.05, 4.69) is 4.99 Å². The Hall–Kier alpha value is -5.89. The summed E-state index contributed by atoms with van der Waals surface area (Å²) in [5, 5.41) is 0. The first-order valence-electron chi connectivity index (χ1n) is 17.4. The van der Waals surface area contributed by atoms with E-state index in [0.717, 1.165) is 5.56 Å². The summed E-state index contributed by atoms with van der Waals surface area (Å²) in [6, 6.07) is 16.4. The van der Waals surface area contributed by atoms with E-state index in [9.17, 15) is 19.2 Å². The predicted molar refractivity (Wildman–Crippen MR) is 200 cm³/mol. The number of methoxy groups -OCH3 is 1. The van der Waals surface area contributed by atoms with Crippen LogP contribution in [-0.2, 0) is 30.4 Å². The Morgan fingerprint density at radius 3 is 2.09 bits per heavy atom. The lowest BCUT2D eigenvalue weighted by Gasteiger charge is -2.25. The Morgan fingerprint density at radius 1 is 0.778 bits per heavy atom. The van der Waals surface area contributed by atoms with E-state index < -0.39 is 18.0 Å². The van der Waals surface area contributed by atoms with Gasteiger partial charge in [0.1, 0.15) is 6.61 Å². The molecule has 0 radical (unpaired) electrons. The van der Waals surface area contributed by atoms with Gasteiger partial charge in [0, 0.05) is 0 Å². The van der Waals surface area contributed by atoms with Gasteiger partial charge in [-0.05, 0) is 93.8 Å². The molecule has 0 saturated heterocycles. The molecule has 54 heavy (non-hydrogen) atoms. The first kappa shape index (κ1) is 39.3. The lowest BCUT2D eigenvalue weighted by atomic mass is 9.95. The van der Waals surface area contributed by atoms with Gasteiger partial charge in [-0.3, -0.25) is 9.36 Å². The third kappa shape index (κ3) is 9.00. The van der Waals surface area contributed by atoms with Crippen molar-refractivity contribution in [1.82, 2.24) is 4.57 Å². The standard InChI is InChI=1S/C40H42N2O11S/c1-7-48-31-19-26(13-17-29(31)52-22-25-11-14-27(15-12-25)38(45)50-9-3)20-33-37(44)42-36(35(39(46)51-10-4)24(5)41-40(42)54-33)28-16-18-30(32(21-28)49-8-2)53-23-34(43)47-6/h11-21,36H,7-10,22-23H2,1-6H3/b33-20+/t36-/m0/s1. The third-order valence-corrected chi connectivity index (χ3v) is 9.08. The highest BCUT2D eigenvalue weighted by Gasteiger charge is 2.34. The zero-order valence-electron chi connectivity index (χ0n) is 31.0. The van der Waals surface area contributed by atoms with Crippen LogP contribution in [-0.4, -0.2) is 62.6 Å². The zero-order chi connectivity index (χ0) is 38.8. The van der Waals surface area contributed by atoms with Crippen molar-refractivity contribution in [2.75, 3.05) is 40.1 Å². The first-order valence-corrected chi connectivity index (χ1v) is 18.3. The lowest BCUT2D eigenvalue weighted by molar-refractivity contribution is -0.143. The van der Waals surface area contributed by atoms with Crippen molar-refractivity contribution in [1.29, 1.82) is 0 Å². The molecule has 13 nitrogen and oxygen atoms in total. The summed E-state index contributed by atoms with van der Waals surface area (Å²) in [7, 11) is 1.26. The van der Waals surface area contributed by atoms with Crippen molar-refractivity contribution < 1.29 is 47.5 Å². The fourth-order valence-electron chi connectivity index (χ4n) is 5.65. The van der Waals surface area contributed by atoms with Crippen molar-refractivity contribution in [3.05, 3.63) is 114 Å². The number of carbonyl (C=O) groups is 3.